The molecule has 0 fully saturated rings. The van der Waals surface area contributed by atoms with E-state index in [1.165, 1.54) is 0 Å². The highest BCUT2D eigenvalue weighted by Crippen LogP contribution is 2.24. The van der Waals surface area contributed by atoms with Gasteiger partial charge in [0, 0.05) is 22.2 Å². The van der Waals surface area contributed by atoms with E-state index in [9.17, 15) is 0 Å². The van der Waals surface area contributed by atoms with Gasteiger partial charge in [-0.05, 0) is 28.7 Å². The van der Waals surface area contributed by atoms with Gasteiger partial charge in [-0.2, -0.15) is 0 Å². The Balaban J connectivity index is 2.84. The minimum absolute atomic E-state index is 0.392. The van der Waals surface area contributed by atoms with Crippen LogP contribution in [0.15, 0.2) is 12.3 Å². The molecule has 14 heavy (non-hydrogen) atoms. The molecule has 0 aromatic carbocycles. The van der Waals surface area contributed by atoms with Crippen molar-refractivity contribution in [3.63, 3.8) is 0 Å². The highest BCUT2D eigenvalue weighted by Gasteiger charge is 2.07. The molecule has 72 valence electrons. The molecule has 0 aliphatic heterocycles. The Morgan fingerprint density at radius 3 is 2.93 bits per heavy atom. The number of hydrogen-bond donors (Lipinski definition) is 1. The molecular formula is C8H6ClIN4. The number of fused-ring (bicyclic) bond motifs is 1. The monoisotopic (exact) mass is 320 g/mol. The van der Waals surface area contributed by atoms with Crippen molar-refractivity contribution in [2.45, 2.75) is 0 Å². The molecule has 0 saturated carbocycles. The molecule has 0 amide bonds. The van der Waals surface area contributed by atoms with Gasteiger partial charge in [0.25, 0.3) is 0 Å². The number of nitrogens with zero attached hydrogens (tertiary/aromatic N) is 3. The van der Waals surface area contributed by atoms with Crippen molar-refractivity contribution < 1.29 is 0 Å². The first kappa shape index (κ1) is 9.85. The number of nitrogens with one attached hydrogen (secondary N) is 1. The summed E-state index contributed by atoms with van der Waals surface area (Å²) in [7, 11) is 1.80. The van der Waals surface area contributed by atoms with Crippen molar-refractivity contribution in [2.24, 2.45) is 0 Å². The smallest absolute Gasteiger partial charge is 0.154 e. The summed E-state index contributed by atoms with van der Waals surface area (Å²) in [6, 6.07) is 1.79. The number of anilines is 1. The molecule has 0 spiro atoms. The number of halogens is 2. The van der Waals surface area contributed by atoms with Gasteiger partial charge < -0.3 is 5.32 Å². The number of hydrogen-bond acceptors (Lipinski definition) is 4. The summed E-state index contributed by atoms with van der Waals surface area (Å²) in [4.78, 5) is 4.19. The second-order valence-corrected chi connectivity index (χ2v) is 4.18. The zero-order chi connectivity index (χ0) is 10.1. The summed E-state index contributed by atoms with van der Waals surface area (Å²) in [6.45, 7) is 0. The molecule has 0 aliphatic carbocycles. The van der Waals surface area contributed by atoms with E-state index in [2.05, 4.69) is 43.1 Å². The third-order valence-electron chi connectivity index (χ3n) is 1.79. The van der Waals surface area contributed by atoms with Crippen LogP contribution in [-0.2, 0) is 0 Å². The third kappa shape index (κ3) is 1.61. The first-order valence-electron chi connectivity index (χ1n) is 3.87. The molecule has 4 nitrogen and oxygen atoms in total. The summed E-state index contributed by atoms with van der Waals surface area (Å²) in [6.07, 6.45) is 1.77. The maximum absolute atomic E-state index is 5.77. The summed E-state index contributed by atoms with van der Waals surface area (Å²) in [5.41, 5.74) is 0.740. The van der Waals surface area contributed by atoms with Crippen LogP contribution in [0.5, 0.6) is 0 Å². The predicted octanol–water partition coefficient (Wildman–Crippen LogP) is 2.32. The molecule has 1 N–H and O–H groups in total. The third-order valence-corrected chi connectivity index (χ3v) is 2.83. The summed E-state index contributed by atoms with van der Waals surface area (Å²) >= 11 is 7.96. The molecule has 2 rings (SSSR count). The quantitative estimate of drug-likeness (QED) is 0.819. The zero-order valence-corrected chi connectivity index (χ0v) is 10.2. The molecule has 2 aromatic heterocycles. The lowest BCUT2D eigenvalue weighted by Gasteiger charge is -2.04. The van der Waals surface area contributed by atoms with E-state index in [0.29, 0.717) is 11.0 Å². The van der Waals surface area contributed by atoms with E-state index in [0.717, 1.165) is 14.5 Å². The molecule has 0 saturated heterocycles. The van der Waals surface area contributed by atoms with E-state index >= 15 is 0 Å². The molecule has 0 atom stereocenters. The molecule has 0 unspecified atom stereocenters. The standard InChI is InChI=1S/C8H6ClIN4/c1-11-8-7-4(5(10)3-12-8)2-6(9)13-14-7/h2-3H,1H3,(H,11,12). The molecule has 0 radical (unpaired) electrons. The van der Waals surface area contributed by atoms with Gasteiger partial charge in [-0.25, -0.2) is 4.98 Å². The molecule has 6 heteroatoms. The van der Waals surface area contributed by atoms with Gasteiger partial charge in [0.1, 0.15) is 5.52 Å². The van der Waals surface area contributed by atoms with Crippen molar-refractivity contribution in [3.8, 4) is 0 Å². The number of rotatable bonds is 1. The second-order valence-electron chi connectivity index (χ2n) is 2.63. The first-order chi connectivity index (χ1) is 6.72. The van der Waals surface area contributed by atoms with Gasteiger partial charge in [0.2, 0.25) is 0 Å². The van der Waals surface area contributed by atoms with Gasteiger partial charge in [0.15, 0.2) is 11.0 Å². The molecule has 0 aliphatic rings. The average molecular weight is 321 g/mol. The minimum atomic E-state index is 0.392. The second kappa shape index (κ2) is 3.82. The first-order valence-corrected chi connectivity index (χ1v) is 5.33. The van der Waals surface area contributed by atoms with E-state index in [1.807, 2.05) is 0 Å². The normalized spacial score (nSPS) is 10.5. The summed E-state index contributed by atoms with van der Waals surface area (Å²) < 4.78 is 1.01. The summed E-state index contributed by atoms with van der Waals surface area (Å²) in [5, 5.41) is 12.1. The average Bonchev–Trinajstić information content (AvgIpc) is 2.19. The Morgan fingerprint density at radius 1 is 1.43 bits per heavy atom. The van der Waals surface area contributed by atoms with Crippen LogP contribution in [-0.4, -0.2) is 22.2 Å². The highest BCUT2D eigenvalue weighted by molar-refractivity contribution is 14.1. The Morgan fingerprint density at radius 2 is 2.21 bits per heavy atom. The van der Waals surface area contributed by atoms with Gasteiger partial charge in [-0.3, -0.25) is 0 Å². The lowest BCUT2D eigenvalue weighted by atomic mass is 10.3. The Bertz CT molecular complexity index is 488. The zero-order valence-electron chi connectivity index (χ0n) is 7.25. The van der Waals surface area contributed by atoms with Gasteiger partial charge in [0.05, 0.1) is 0 Å². The van der Waals surface area contributed by atoms with Gasteiger partial charge >= 0.3 is 0 Å². The fourth-order valence-corrected chi connectivity index (χ4v) is 1.86. The fourth-order valence-electron chi connectivity index (χ4n) is 1.16. The van der Waals surface area contributed by atoms with Crippen molar-refractivity contribution in [1.82, 2.24) is 15.2 Å². The van der Waals surface area contributed by atoms with Gasteiger partial charge in [-0.15, -0.1) is 10.2 Å². The Labute approximate surface area is 99.2 Å². The lowest BCUT2D eigenvalue weighted by molar-refractivity contribution is 1.07. The molecule has 0 bridgehead atoms. The highest BCUT2D eigenvalue weighted by atomic mass is 127. The van der Waals surface area contributed by atoms with E-state index in [4.69, 9.17) is 11.6 Å². The number of aromatic nitrogens is 3. The molecule has 2 aromatic rings. The molecule has 2 heterocycles. The minimum Gasteiger partial charge on any atom is -0.371 e. The topological polar surface area (TPSA) is 50.7 Å². The molecular weight excluding hydrogens is 314 g/mol. The Hall–Kier alpha value is -0.690. The van der Waals surface area contributed by atoms with Crippen LogP contribution in [0.4, 0.5) is 5.82 Å². The van der Waals surface area contributed by atoms with Crippen molar-refractivity contribution in [1.29, 1.82) is 0 Å². The largest absolute Gasteiger partial charge is 0.371 e. The Kier molecular flexibility index (Phi) is 2.69. The van der Waals surface area contributed by atoms with Crippen LogP contribution < -0.4 is 5.32 Å². The predicted molar refractivity (Wildman–Crippen MR) is 64.6 cm³/mol. The van der Waals surface area contributed by atoms with E-state index < -0.39 is 0 Å². The van der Waals surface area contributed by atoms with Crippen LogP contribution in [0.2, 0.25) is 5.15 Å². The SMILES string of the molecule is CNc1ncc(I)c2cc(Cl)nnc12. The summed E-state index contributed by atoms with van der Waals surface area (Å²) in [5.74, 6) is 0.713. The van der Waals surface area contributed by atoms with Crippen LogP contribution in [0.1, 0.15) is 0 Å². The van der Waals surface area contributed by atoms with Crippen LogP contribution in [0, 0.1) is 3.57 Å². The lowest BCUT2D eigenvalue weighted by Crippen LogP contribution is -1.97. The van der Waals surface area contributed by atoms with Crippen LogP contribution in [0.25, 0.3) is 10.9 Å². The van der Waals surface area contributed by atoms with Crippen molar-refractivity contribution >= 4 is 50.9 Å². The number of pyridine rings is 1. The van der Waals surface area contributed by atoms with Crippen molar-refractivity contribution in [2.75, 3.05) is 12.4 Å². The van der Waals surface area contributed by atoms with Crippen molar-refractivity contribution in [3.05, 3.63) is 21.0 Å². The maximum Gasteiger partial charge on any atom is 0.154 e. The van der Waals surface area contributed by atoms with Crippen LogP contribution in [0.3, 0.4) is 0 Å². The van der Waals surface area contributed by atoms with Crippen LogP contribution >= 0.6 is 34.2 Å². The van der Waals surface area contributed by atoms with E-state index in [-0.39, 0.29) is 0 Å². The fraction of sp³-hybridized carbons (Fsp3) is 0.125. The van der Waals surface area contributed by atoms with E-state index in [1.54, 1.807) is 19.3 Å². The van der Waals surface area contributed by atoms with Gasteiger partial charge in [-0.1, -0.05) is 11.6 Å². The maximum atomic E-state index is 5.77.